The molecule has 1 amide bonds. The van der Waals surface area contributed by atoms with Crippen molar-refractivity contribution in [1.82, 2.24) is 15.2 Å². The van der Waals surface area contributed by atoms with E-state index >= 15 is 0 Å². The van der Waals surface area contributed by atoms with E-state index in [1.54, 1.807) is 10.9 Å². The number of hydrogen-bond acceptors (Lipinski definition) is 6. The van der Waals surface area contributed by atoms with Gasteiger partial charge in [-0.1, -0.05) is 30.3 Å². The maximum atomic E-state index is 11.0. The Kier molecular flexibility index (Phi) is 4.88. The Labute approximate surface area is 148 Å². The number of nitrogens with one attached hydrogen (secondary N) is 1. The van der Waals surface area contributed by atoms with Gasteiger partial charge in [0.05, 0.1) is 18.8 Å². The molecule has 0 bridgehead atoms. The maximum absolute atomic E-state index is 11.0. The number of carbonyl (C=O) groups is 1. The molecule has 3 rings (SSSR count). The maximum Gasteiger partial charge on any atom is 0.433 e. The average Bonchev–Trinajstić information content (AvgIpc) is 3.22. The Balaban J connectivity index is 1.95. The number of hydrogen-bond donors (Lipinski definition) is 1. The van der Waals surface area contributed by atoms with Crippen LogP contribution in [-0.4, -0.2) is 26.8 Å². The van der Waals surface area contributed by atoms with E-state index in [2.05, 4.69) is 15.6 Å². The van der Waals surface area contributed by atoms with Gasteiger partial charge in [-0.05, 0) is 11.6 Å². The molecule has 2 heterocycles. The molecular weight excluding hydrogens is 338 g/mol. The van der Waals surface area contributed by atoms with Gasteiger partial charge in [-0.2, -0.15) is 10.2 Å². The lowest BCUT2D eigenvalue weighted by Crippen LogP contribution is -2.12. The zero-order valence-corrected chi connectivity index (χ0v) is 13.8. The molecule has 0 aliphatic rings. The van der Waals surface area contributed by atoms with Crippen LogP contribution in [0.25, 0.3) is 11.5 Å². The summed E-state index contributed by atoms with van der Waals surface area (Å²) in [6, 6.07) is 12.4. The van der Waals surface area contributed by atoms with Crippen molar-refractivity contribution in [3.8, 4) is 11.5 Å². The highest BCUT2D eigenvalue weighted by Gasteiger charge is 2.18. The minimum Gasteiger partial charge on any atom is -0.399 e. The van der Waals surface area contributed by atoms with E-state index in [4.69, 9.17) is 4.42 Å². The summed E-state index contributed by atoms with van der Waals surface area (Å²) in [6.07, 6.45) is 3.14. The fourth-order valence-electron chi connectivity index (χ4n) is 2.32. The third-order valence-corrected chi connectivity index (χ3v) is 3.41. The van der Waals surface area contributed by atoms with Gasteiger partial charge in [0.25, 0.3) is 0 Å². The SMILES string of the molecule is CC(=O)N/N=C/c1cn(Cc2ccccc2)nc1-c1ccc([N+](=O)[O-])o1. The lowest BCUT2D eigenvalue weighted by atomic mass is 10.2. The lowest BCUT2D eigenvalue weighted by molar-refractivity contribution is -0.401. The molecule has 1 N–H and O–H groups in total. The number of benzene rings is 1. The van der Waals surface area contributed by atoms with Crippen molar-refractivity contribution in [3.63, 3.8) is 0 Å². The monoisotopic (exact) mass is 353 g/mol. The Morgan fingerprint density at radius 1 is 1.35 bits per heavy atom. The number of furan rings is 1. The quantitative estimate of drug-likeness (QED) is 0.415. The van der Waals surface area contributed by atoms with Gasteiger partial charge in [0.1, 0.15) is 10.6 Å². The minimum absolute atomic E-state index is 0.243. The van der Waals surface area contributed by atoms with Gasteiger partial charge in [-0.15, -0.1) is 0 Å². The summed E-state index contributed by atoms with van der Waals surface area (Å²) >= 11 is 0. The molecule has 9 heteroatoms. The van der Waals surface area contributed by atoms with Gasteiger partial charge in [-0.3, -0.25) is 19.6 Å². The second kappa shape index (κ2) is 7.43. The molecule has 2 aromatic heterocycles. The molecule has 26 heavy (non-hydrogen) atoms. The Morgan fingerprint density at radius 3 is 2.77 bits per heavy atom. The predicted octanol–water partition coefficient (Wildman–Crippen LogP) is 2.57. The number of rotatable bonds is 6. The second-order valence-corrected chi connectivity index (χ2v) is 5.44. The van der Waals surface area contributed by atoms with Crippen LogP contribution in [0.2, 0.25) is 0 Å². The van der Waals surface area contributed by atoms with Gasteiger partial charge in [0.15, 0.2) is 5.76 Å². The van der Waals surface area contributed by atoms with Crippen LogP contribution in [0.4, 0.5) is 5.88 Å². The van der Waals surface area contributed by atoms with Crippen LogP contribution in [0, 0.1) is 10.1 Å². The largest absolute Gasteiger partial charge is 0.433 e. The number of nitro groups is 1. The molecule has 0 unspecified atom stereocenters. The van der Waals surface area contributed by atoms with E-state index < -0.39 is 4.92 Å². The van der Waals surface area contributed by atoms with Gasteiger partial charge in [0, 0.05) is 18.7 Å². The third-order valence-electron chi connectivity index (χ3n) is 3.41. The summed E-state index contributed by atoms with van der Waals surface area (Å²) in [5.41, 5.74) is 4.30. The van der Waals surface area contributed by atoms with Gasteiger partial charge in [-0.25, -0.2) is 5.43 Å². The normalized spacial score (nSPS) is 11.0. The average molecular weight is 353 g/mol. The standard InChI is InChI=1S/C17H15N5O4/c1-12(23)19-18-9-14-11-21(10-13-5-3-2-4-6-13)20-17(14)15-7-8-16(26-15)22(24)25/h2-9,11H,10H2,1H3,(H,19,23)/b18-9+. The summed E-state index contributed by atoms with van der Waals surface area (Å²) in [5, 5.41) is 19.1. The van der Waals surface area contributed by atoms with Gasteiger partial charge >= 0.3 is 5.88 Å². The smallest absolute Gasteiger partial charge is 0.399 e. The van der Waals surface area contributed by atoms with E-state index in [0.717, 1.165) is 5.56 Å². The summed E-state index contributed by atoms with van der Waals surface area (Å²) in [6.45, 7) is 1.84. The van der Waals surface area contributed by atoms with E-state index in [1.165, 1.54) is 25.3 Å². The van der Waals surface area contributed by atoms with Crippen LogP contribution < -0.4 is 5.43 Å². The molecule has 3 aromatic rings. The first-order valence-corrected chi connectivity index (χ1v) is 7.68. The van der Waals surface area contributed by atoms with E-state index in [-0.39, 0.29) is 17.6 Å². The van der Waals surface area contributed by atoms with E-state index in [1.807, 2.05) is 30.3 Å². The van der Waals surface area contributed by atoms with Gasteiger partial charge < -0.3 is 4.42 Å². The molecule has 0 spiro atoms. The first-order chi connectivity index (χ1) is 12.5. The van der Waals surface area contributed by atoms with Crippen molar-refractivity contribution in [2.24, 2.45) is 5.10 Å². The summed E-state index contributed by atoms with van der Waals surface area (Å²) in [7, 11) is 0. The second-order valence-electron chi connectivity index (χ2n) is 5.44. The van der Waals surface area contributed by atoms with Crippen molar-refractivity contribution in [2.45, 2.75) is 13.5 Å². The molecule has 0 aliphatic heterocycles. The van der Waals surface area contributed by atoms with E-state index in [0.29, 0.717) is 17.8 Å². The van der Waals surface area contributed by atoms with Crippen LogP contribution in [0.15, 0.2) is 58.2 Å². The molecular formula is C17H15N5O4. The Hall–Kier alpha value is -3.75. The molecule has 0 fully saturated rings. The minimum atomic E-state index is -0.616. The topological polar surface area (TPSA) is 116 Å². The number of carbonyl (C=O) groups excluding carboxylic acids is 1. The summed E-state index contributed by atoms with van der Waals surface area (Å²) in [5.74, 6) is -0.441. The summed E-state index contributed by atoms with van der Waals surface area (Å²) in [4.78, 5) is 21.2. The highest BCUT2D eigenvalue weighted by molar-refractivity contribution is 5.88. The molecule has 132 valence electrons. The summed E-state index contributed by atoms with van der Waals surface area (Å²) < 4.78 is 6.91. The first kappa shape index (κ1) is 17.1. The fourth-order valence-corrected chi connectivity index (χ4v) is 2.32. The van der Waals surface area contributed by atoms with Crippen molar-refractivity contribution in [1.29, 1.82) is 0 Å². The van der Waals surface area contributed by atoms with E-state index in [9.17, 15) is 14.9 Å². The Morgan fingerprint density at radius 2 is 2.12 bits per heavy atom. The third kappa shape index (κ3) is 4.01. The zero-order valence-electron chi connectivity index (χ0n) is 13.8. The van der Waals surface area contributed by atoms with Crippen molar-refractivity contribution < 1.29 is 14.1 Å². The highest BCUT2D eigenvalue weighted by Crippen LogP contribution is 2.27. The van der Waals surface area contributed by atoms with Crippen molar-refractivity contribution in [3.05, 3.63) is 69.9 Å². The molecule has 1 aromatic carbocycles. The fraction of sp³-hybridized carbons (Fsp3) is 0.118. The van der Waals surface area contributed by atoms with Crippen LogP contribution in [0.3, 0.4) is 0 Å². The molecule has 0 atom stereocenters. The molecule has 9 nitrogen and oxygen atoms in total. The van der Waals surface area contributed by atoms with Crippen molar-refractivity contribution >= 4 is 18.0 Å². The first-order valence-electron chi connectivity index (χ1n) is 7.68. The molecule has 0 radical (unpaired) electrons. The number of aromatic nitrogens is 2. The molecule has 0 saturated carbocycles. The highest BCUT2D eigenvalue weighted by atomic mass is 16.6. The lowest BCUT2D eigenvalue weighted by Gasteiger charge is -2.00. The van der Waals surface area contributed by atoms with Crippen LogP contribution >= 0.6 is 0 Å². The molecule has 0 saturated heterocycles. The molecule has 0 aliphatic carbocycles. The Bertz CT molecular complexity index is 959. The number of nitrogens with zero attached hydrogens (tertiary/aromatic N) is 4. The van der Waals surface area contributed by atoms with Crippen LogP contribution in [-0.2, 0) is 11.3 Å². The van der Waals surface area contributed by atoms with Crippen molar-refractivity contribution in [2.75, 3.05) is 0 Å². The van der Waals surface area contributed by atoms with Crippen LogP contribution in [0.1, 0.15) is 18.1 Å². The number of amides is 1. The number of hydrazone groups is 1. The zero-order chi connectivity index (χ0) is 18.5. The predicted molar refractivity (Wildman–Crippen MR) is 93.5 cm³/mol. The van der Waals surface area contributed by atoms with Gasteiger partial charge in [0.2, 0.25) is 5.91 Å². The van der Waals surface area contributed by atoms with Crippen LogP contribution in [0.5, 0.6) is 0 Å².